The molecule has 1 aliphatic carbocycles. The molecule has 2 aliphatic rings. The van der Waals surface area contributed by atoms with Crippen LogP contribution in [0, 0.1) is 11.3 Å². The van der Waals surface area contributed by atoms with E-state index in [2.05, 4.69) is 44.0 Å². The fourth-order valence-corrected chi connectivity index (χ4v) is 6.94. The van der Waals surface area contributed by atoms with Gasteiger partial charge in [0.05, 0.1) is 10.7 Å². The Morgan fingerprint density at radius 2 is 1.94 bits per heavy atom. The lowest BCUT2D eigenvalue weighted by Gasteiger charge is -2.49. The first-order valence-corrected chi connectivity index (χ1v) is 8.60. The lowest BCUT2D eigenvalue weighted by atomic mass is 9.65. The van der Waals surface area contributed by atoms with Crippen LogP contribution in [0.3, 0.4) is 0 Å². The summed E-state index contributed by atoms with van der Waals surface area (Å²) in [4.78, 5) is 0. The second kappa shape index (κ2) is 5.58. The number of hydrogen-bond donors (Lipinski definition) is 0. The molecule has 3 heteroatoms. The third-order valence-electron chi connectivity index (χ3n) is 4.21. The Labute approximate surface area is 114 Å². The molecule has 1 saturated heterocycles. The highest BCUT2D eigenvalue weighted by molar-refractivity contribution is 8.17. The Morgan fingerprint density at radius 3 is 2.53 bits per heavy atom. The minimum absolute atomic E-state index is 0.228. The van der Waals surface area contributed by atoms with Gasteiger partial charge in [-0.15, -0.1) is 23.5 Å². The molecule has 17 heavy (non-hydrogen) atoms. The van der Waals surface area contributed by atoms with Gasteiger partial charge in [-0.05, 0) is 36.2 Å². The van der Waals surface area contributed by atoms with Crippen LogP contribution in [-0.4, -0.2) is 29.3 Å². The second-order valence-corrected chi connectivity index (χ2v) is 8.48. The maximum Gasteiger partial charge on any atom is 0.0631 e. The number of ether oxygens (including phenoxy) is 1. The molecule has 0 amide bonds. The van der Waals surface area contributed by atoms with Gasteiger partial charge < -0.3 is 4.74 Å². The minimum Gasteiger partial charge on any atom is -0.381 e. The summed E-state index contributed by atoms with van der Waals surface area (Å²) >= 11 is 4.27. The van der Waals surface area contributed by atoms with E-state index in [-0.39, 0.29) is 5.41 Å². The van der Waals surface area contributed by atoms with Crippen molar-refractivity contribution in [1.82, 2.24) is 0 Å². The Balaban J connectivity index is 2.18. The molecule has 1 nitrogen and oxygen atoms in total. The van der Waals surface area contributed by atoms with Crippen LogP contribution in [0.5, 0.6) is 0 Å². The summed E-state index contributed by atoms with van der Waals surface area (Å²) in [5, 5.41) is 0. The molecule has 0 aromatic heterocycles. The van der Waals surface area contributed by atoms with Crippen LogP contribution in [0.2, 0.25) is 0 Å². The standard InChI is InChI=1S/C14H24OS2/c1-10-6-7-11(15-4)14(2,3)12(10)13-16-8-5-9-17-13/h11-13H,1,5-9H2,2-4H3/t11-,12?/m1/s1. The predicted octanol–water partition coefficient (Wildman–Crippen LogP) is 4.19. The number of methoxy groups -OCH3 is 1. The van der Waals surface area contributed by atoms with Gasteiger partial charge in [0.25, 0.3) is 0 Å². The highest BCUT2D eigenvalue weighted by Gasteiger charge is 2.46. The molecule has 1 saturated carbocycles. The van der Waals surface area contributed by atoms with Crippen molar-refractivity contribution in [3.05, 3.63) is 12.2 Å². The number of hydrogen-bond acceptors (Lipinski definition) is 3. The molecule has 0 aromatic rings. The van der Waals surface area contributed by atoms with Gasteiger partial charge >= 0.3 is 0 Å². The van der Waals surface area contributed by atoms with Crippen molar-refractivity contribution in [2.75, 3.05) is 18.6 Å². The van der Waals surface area contributed by atoms with Crippen LogP contribution in [0.15, 0.2) is 12.2 Å². The highest BCUT2D eigenvalue weighted by atomic mass is 32.2. The lowest BCUT2D eigenvalue weighted by Crippen LogP contribution is -2.46. The largest absolute Gasteiger partial charge is 0.381 e. The summed E-state index contributed by atoms with van der Waals surface area (Å²) < 4.78 is 6.41. The van der Waals surface area contributed by atoms with E-state index in [0.29, 0.717) is 16.6 Å². The SMILES string of the molecule is C=C1CC[C@@H](OC)C(C)(C)C1C1SCCCS1. The average Bonchev–Trinajstić information content (AvgIpc) is 2.29. The number of allylic oxidation sites excluding steroid dienone is 1. The first-order chi connectivity index (χ1) is 8.07. The number of rotatable bonds is 2. The molecule has 1 aliphatic heterocycles. The van der Waals surface area contributed by atoms with E-state index in [0.717, 1.165) is 12.8 Å². The van der Waals surface area contributed by atoms with Gasteiger partial charge in [0.1, 0.15) is 0 Å². The van der Waals surface area contributed by atoms with Crippen molar-refractivity contribution in [1.29, 1.82) is 0 Å². The van der Waals surface area contributed by atoms with Crippen molar-refractivity contribution in [2.45, 2.75) is 43.8 Å². The summed E-state index contributed by atoms with van der Waals surface area (Å²) in [6.45, 7) is 9.09. The fourth-order valence-electron chi connectivity index (χ4n) is 3.23. The molecule has 1 heterocycles. The van der Waals surface area contributed by atoms with Crippen molar-refractivity contribution in [3.63, 3.8) is 0 Å². The zero-order valence-corrected chi connectivity index (χ0v) is 12.8. The Bertz CT molecular complexity index is 282. The summed E-state index contributed by atoms with van der Waals surface area (Å²) in [6, 6.07) is 0. The lowest BCUT2D eigenvalue weighted by molar-refractivity contribution is -0.0346. The van der Waals surface area contributed by atoms with Gasteiger partial charge in [0, 0.05) is 13.0 Å². The molecule has 2 atom stereocenters. The van der Waals surface area contributed by atoms with Crippen LogP contribution in [0.1, 0.15) is 33.1 Å². The Hall–Kier alpha value is 0.400. The third kappa shape index (κ3) is 2.71. The first kappa shape index (κ1) is 13.8. The van der Waals surface area contributed by atoms with E-state index in [4.69, 9.17) is 4.74 Å². The second-order valence-electron chi connectivity index (χ2n) is 5.68. The normalized spacial score (nSPS) is 34.9. The van der Waals surface area contributed by atoms with E-state index in [1.165, 1.54) is 23.5 Å². The summed E-state index contributed by atoms with van der Waals surface area (Å²) in [5.41, 5.74) is 1.68. The van der Waals surface area contributed by atoms with E-state index in [1.807, 2.05) is 7.11 Å². The average molecular weight is 272 g/mol. The molecule has 0 bridgehead atoms. The van der Waals surface area contributed by atoms with Gasteiger partial charge in [-0.3, -0.25) is 0 Å². The van der Waals surface area contributed by atoms with Crippen molar-refractivity contribution in [3.8, 4) is 0 Å². The highest BCUT2D eigenvalue weighted by Crippen LogP contribution is 2.52. The third-order valence-corrected chi connectivity index (χ3v) is 7.28. The van der Waals surface area contributed by atoms with Crippen molar-refractivity contribution < 1.29 is 4.74 Å². The Kier molecular flexibility index (Phi) is 4.54. The van der Waals surface area contributed by atoms with Crippen LogP contribution < -0.4 is 0 Å². The summed E-state index contributed by atoms with van der Waals surface area (Å²) in [7, 11) is 1.86. The van der Waals surface area contributed by atoms with E-state index >= 15 is 0 Å². The van der Waals surface area contributed by atoms with E-state index in [1.54, 1.807) is 0 Å². The van der Waals surface area contributed by atoms with E-state index < -0.39 is 0 Å². The molecule has 98 valence electrons. The smallest absolute Gasteiger partial charge is 0.0631 e. The quantitative estimate of drug-likeness (QED) is 0.698. The number of thioether (sulfide) groups is 2. The zero-order valence-electron chi connectivity index (χ0n) is 11.2. The molecular formula is C14H24OS2. The monoisotopic (exact) mass is 272 g/mol. The van der Waals surface area contributed by atoms with Gasteiger partial charge in [-0.2, -0.15) is 0 Å². The van der Waals surface area contributed by atoms with Crippen molar-refractivity contribution in [2.24, 2.45) is 11.3 Å². The zero-order chi connectivity index (χ0) is 12.5. The van der Waals surface area contributed by atoms with Gasteiger partial charge in [-0.25, -0.2) is 0 Å². The molecule has 2 fully saturated rings. The van der Waals surface area contributed by atoms with Gasteiger partial charge in [0.2, 0.25) is 0 Å². The van der Waals surface area contributed by atoms with E-state index in [9.17, 15) is 0 Å². The van der Waals surface area contributed by atoms with Crippen LogP contribution >= 0.6 is 23.5 Å². The van der Waals surface area contributed by atoms with Crippen LogP contribution in [0.25, 0.3) is 0 Å². The summed E-state index contributed by atoms with van der Waals surface area (Å²) in [5.74, 6) is 3.24. The maximum absolute atomic E-state index is 5.72. The molecule has 1 unspecified atom stereocenters. The molecular weight excluding hydrogens is 248 g/mol. The molecule has 2 rings (SSSR count). The van der Waals surface area contributed by atoms with Crippen LogP contribution in [-0.2, 0) is 4.74 Å². The first-order valence-electron chi connectivity index (χ1n) is 6.51. The topological polar surface area (TPSA) is 9.23 Å². The van der Waals surface area contributed by atoms with Gasteiger partial charge in [0.15, 0.2) is 0 Å². The minimum atomic E-state index is 0.228. The van der Waals surface area contributed by atoms with Crippen LogP contribution in [0.4, 0.5) is 0 Å². The van der Waals surface area contributed by atoms with Crippen molar-refractivity contribution >= 4 is 23.5 Å². The fraction of sp³-hybridized carbons (Fsp3) is 0.857. The summed E-state index contributed by atoms with van der Waals surface area (Å²) in [6.07, 6.45) is 4.03. The Morgan fingerprint density at radius 1 is 1.29 bits per heavy atom. The molecule has 0 aromatic carbocycles. The van der Waals surface area contributed by atoms with Gasteiger partial charge in [-0.1, -0.05) is 26.0 Å². The predicted molar refractivity (Wildman–Crippen MR) is 79.8 cm³/mol. The molecule has 0 N–H and O–H groups in total. The molecule has 0 spiro atoms. The maximum atomic E-state index is 5.72. The molecule has 0 radical (unpaired) electrons.